The quantitative estimate of drug-likeness (QED) is 0.594. The lowest BCUT2D eigenvalue weighted by atomic mass is 10.0. The summed E-state index contributed by atoms with van der Waals surface area (Å²) >= 11 is 6.27. The summed E-state index contributed by atoms with van der Waals surface area (Å²) in [7, 11) is 1.54. The fraction of sp³-hybridized carbons (Fsp3) is 0.312. The largest absolute Gasteiger partial charge is 0.548 e. The molecule has 0 aliphatic carbocycles. The molecule has 1 heterocycles. The maximum atomic E-state index is 12.6. The van der Waals surface area contributed by atoms with Crippen LogP contribution in [0.4, 0.5) is 0 Å². The van der Waals surface area contributed by atoms with E-state index in [1.54, 1.807) is 33.1 Å². The Morgan fingerprint density at radius 1 is 1.39 bits per heavy atom. The van der Waals surface area contributed by atoms with Gasteiger partial charge in [-0.05, 0) is 18.1 Å². The molecule has 23 heavy (non-hydrogen) atoms. The van der Waals surface area contributed by atoms with Crippen molar-refractivity contribution in [3.63, 3.8) is 0 Å². The van der Waals surface area contributed by atoms with Crippen LogP contribution in [-0.2, 0) is 9.59 Å². The van der Waals surface area contributed by atoms with Crippen molar-refractivity contribution in [3.05, 3.63) is 34.7 Å². The number of ether oxygens (including phenoxy) is 1. The van der Waals surface area contributed by atoms with Crippen LogP contribution < -0.4 is 9.84 Å². The minimum absolute atomic E-state index is 0.221. The molecule has 7 heteroatoms. The Bertz CT molecular complexity index is 684. The van der Waals surface area contributed by atoms with Gasteiger partial charge in [-0.2, -0.15) is 0 Å². The van der Waals surface area contributed by atoms with Gasteiger partial charge in [0.2, 0.25) is 0 Å². The molecule has 1 aliphatic rings. The van der Waals surface area contributed by atoms with Crippen LogP contribution in [0.1, 0.15) is 19.4 Å². The van der Waals surface area contributed by atoms with Crippen LogP contribution in [0, 0.1) is 5.92 Å². The number of methoxy groups -OCH3 is 1. The van der Waals surface area contributed by atoms with Gasteiger partial charge in [-0.15, -0.1) is 0 Å². The van der Waals surface area contributed by atoms with E-state index in [0.29, 0.717) is 10.7 Å². The Hall–Kier alpha value is -1.86. The lowest BCUT2D eigenvalue weighted by Crippen LogP contribution is -2.52. The maximum Gasteiger partial charge on any atom is 0.266 e. The number of benzene rings is 1. The van der Waals surface area contributed by atoms with Gasteiger partial charge in [0.25, 0.3) is 5.91 Å². The smallest absolute Gasteiger partial charge is 0.266 e. The summed E-state index contributed by atoms with van der Waals surface area (Å²) in [5.41, 5.74) is 0.727. The number of carbonyl (C=O) groups excluding carboxylic acids is 2. The molecule has 0 radical (unpaired) electrons. The average Bonchev–Trinajstić information content (AvgIpc) is 2.75. The van der Waals surface area contributed by atoms with Crippen molar-refractivity contribution >= 4 is 46.3 Å². The van der Waals surface area contributed by atoms with Crippen LogP contribution in [-0.4, -0.2) is 34.2 Å². The summed E-state index contributed by atoms with van der Waals surface area (Å²) in [4.78, 5) is 25.5. The number of hydrogen-bond acceptors (Lipinski definition) is 6. The lowest BCUT2D eigenvalue weighted by Gasteiger charge is -2.30. The van der Waals surface area contributed by atoms with Gasteiger partial charge >= 0.3 is 0 Å². The second-order valence-electron chi connectivity index (χ2n) is 5.30. The summed E-state index contributed by atoms with van der Waals surface area (Å²) in [6, 6.07) is 6.17. The highest BCUT2D eigenvalue weighted by atomic mass is 32.2. The molecule has 0 saturated carbocycles. The van der Waals surface area contributed by atoms with Crippen molar-refractivity contribution in [3.8, 4) is 5.75 Å². The monoisotopic (exact) mass is 350 g/mol. The van der Waals surface area contributed by atoms with Gasteiger partial charge in [-0.3, -0.25) is 9.69 Å². The number of amides is 1. The summed E-state index contributed by atoms with van der Waals surface area (Å²) in [5, 5.41) is 11.4. The van der Waals surface area contributed by atoms with Gasteiger partial charge < -0.3 is 14.6 Å². The average molecular weight is 350 g/mol. The second kappa shape index (κ2) is 7.14. The van der Waals surface area contributed by atoms with Crippen LogP contribution in [0.5, 0.6) is 5.75 Å². The predicted octanol–water partition coefficient (Wildman–Crippen LogP) is 1.67. The Morgan fingerprint density at radius 2 is 2.04 bits per heavy atom. The molecule has 1 atom stereocenters. The van der Waals surface area contributed by atoms with Gasteiger partial charge in [0.05, 0.1) is 24.0 Å². The molecule has 1 aromatic rings. The predicted molar refractivity (Wildman–Crippen MR) is 91.6 cm³/mol. The summed E-state index contributed by atoms with van der Waals surface area (Å²) < 4.78 is 5.47. The molecule has 0 unspecified atom stereocenters. The van der Waals surface area contributed by atoms with Crippen molar-refractivity contribution in [1.29, 1.82) is 0 Å². The van der Waals surface area contributed by atoms with E-state index in [-0.39, 0.29) is 10.2 Å². The number of rotatable bonds is 5. The highest BCUT2D eigenvalue weighted by molar-refractivity contribution is 8.26. The summed E-state index contributed by atoms with van der Waals surface area (Å²) in [6.45, 7) is 3.42. The molecular formula is C16H16NO4S2-. The van der Waals surface area contributed by atoms with E-state index < -0.39 is 17.9 Å². The van der Waals surface area contributed by atoms with Crippen LogP contribution >= 0.6 is 24.0 Å². The highest BCUT2D eigenvalue weighted by Gasteiger charge is 2.39. The van der Waals surface area contributed by atoms with E-state index >= 15 is 0 Å². The molecule has 2 rings (SSSR count). The molecule has 122 valence electrons. The number of aliphatic carboxylic acids is 1. The van der Waals surface area contributed by atoms with Gasteiger partial charge in [-0.1, -0.05) is 56.0 Å². The SMILES string of the molecule is COc1ccccc1/C=C1/SC(=S)N([C@@H](C(=O)[O-])C(C)C)C1=O. The van der Waals surface area contributed by atoms with Crippen molar-refractivity contribution in [2.45, 2.75) is 19.9 Å². The van der Waals surface area contributed by atoms with Crippen LogP contribution in [0.15, 0.2) is 29.2 Å². The molecule has 0 spiro atoms. The Balaban J connectivity index is 2.38. The first kappa shape index (κ1) is 17.5. The Morgan fingerprint density at radius 3 is 2.61 bits per heavy atom. The van der Waals surface area contributed by atoms with Crippen molar-refractivity contribution in [2.24, 2.45) is 5.92 Å². The van der Waals surface area contributed by atoms with E-state index in [1.807, 2.05) is 18.2 Å². The van der Waals surface area contributed by atoms with E-state index in [9.17, 15) is 14.7 Å². The number of nitrogens with zero attached hydrogens (tertiary/aromatic N) is 1. The van der Waals surface area contributed by atoms with E-state index in [4.69, 9.17) is 17.0 Å². The first-order chi connectivity index (χ1) is 10.9. The molecule has 0 N–H and O–H groups in total. The first-order valence-electron chi connectivity index (χ1n) is 6.97. The van der Waals surface area contributed by atoms with Gasteiger partial charge in [0.15, 0.2) is 0 Å². The van der Waals surface area contributed by atoms with Crippen molar-refractivity contribution < 1.29 is 19.4 Å². The fourth-order valence-corrected chi connectivity index (χ4v) is 3.64. The van der Waals surface area contributed by atoms with Gasteiger partial charge in [0, 0.05) is 5.56 Å². The molecule has 0 bridgehead atoms. The Kier molecular flexibility index (Phi) is 5.43. The standard InChI is InChI=1S/C16H17NO4S2/c1-9(2)13(15(19)20)17-14(18)12(23-16(17)22)8-10-6-4-5-7-11(10)21-3/h4-9,13H,1-3H3,(H,19,20)/p-1/b12-8+/t13-/m1/s1. The lowest BCUT2D eigenvalue weighted by molar-refractivity contribution is -0.311. The second-order valence-corrected chi connectivity index (χ2v) is 6.98. The zero-order valence-electron chi connectivity index (χ0n) is 12.9. The molecular weight excluding hydrogens is 334 g/mol. The molecule has 0 aromatic heterocycles. The van der Waals surface area contributed by atoms with Crippen LogP contribution in [0.25, 0.3) is 6.08 Å². The molecule has 1 fully saturated rings. The Labute approximate surface area is 144 Å². The number of carboxylic acids is 1. The third-order valence-electron chi connectivity index (χ3n) is 3.40. The molecule has 1 aromatic carbocycles. The number of carbonyl (C=O) groups is 2. The fourth-order valence-electron chi connectivity index (χ4n) is 2.32. The van der Waals surface area contributed by atoms with E-state index in [0.717, 1.165) is 22.2 Å². The zero-order valence-corrected chi connectivity index (χ0v) is 14.6. The third-order valence-corrected chi connectivity index (χ3v) is 4.73. The summed E-state index contributed by atoms with van der Waals surface area (Å²) in [6.07, 6.45) is 1.66. The number of para-hydroxylation sites is 1. The number of thioether (sulfide) groups is 1. The molecule has 5 nitrogen and oxygen atoms in total. The van der Waals surface area contributed by atoms with Crippen molar-refractivity contribution in [2.75, 3.05) is 7.11 Å². The minimum Gasteiger partial charge on any atom is -0.548 e. The summed E-state index contributed by atoms with van der Waals surface area (Å²) in [5.74, 6) is -1.42. The van der Waals surface area contributed by atoms with E-state index in [2.05, 4.69) is 0 Å². The molecule has 1 saturated heterocycles. The number of hydrogen-bond donors (Lipinski definition) is 0. The highest BCUT2D eigenvalue weighted by Crippen LogP contribution is 2.36. The third kappa shape index (κ3) is 3.56. The number of thiocarbonyl (C=S) groups is 1. The van der Waals surface area contributed by atoms with Gasteiger partial charge in [0.1, 0.15) is 10.1 Å². The van der Waals surface area contributed by atoms with E-state index in [1.165, 1.54) is 0 Å². The molecule has 1 aliphatic heterocycles. The number of carboxylic acid groups (broad SMARTS) is 1. The first-order valence-corrected chi connectivity index (χ1v) is 8.20. The van der Waals surface area contributed by atoms with Crippen LogP contribution in [0.2, 0.25) is 0 Å². The minimum atomic E-state index is -1.31. The zero-order chi connectivity index (χ0) is 17.1. The van der Waals surface area contributed by atoms with Crippen LogP contribution in [0.3, 0.4) is 0 Å². The normalized spacial score (nSPS) is 17.9. The topological polar surface area (TPSA) is 69.7 Å². The molecule has 1 amide bonds. The maximum absolute atomic E-state index is 12.6. The van der Waals surface area contributed by atoms with Gasteiger partial charge in [-0.25, -0.2) is 0 Å². The van der Waals surface area contributed by atoms with Crippen molar-refractivity contribution in [1.82, 2.24) is 4.90 Å².